The fourth-order valence-electron chi connectivity index (χ4n) is 1.58. The van der Waals surface area contributed by atoms with Crippen molar-refractivity contribution >= 4 is 17.2 Å². The van der Waals surface area contributed by atoms with E-state index >= 15 is 0 Å². The maximum Gasteiger partial charge on any atom is 0.131 e. The predicted octanol–water partition coefficient (Wildman–Crippen LogP) is 2.97. The second kappa shape index (κ2) is 4.22. The summed E-state index contributed by atoms with van der Waals surface area (Å²) in [4.78, 5) is 10.0. The van der Waals surface area contributed by atoms with Gasteiger partial charge < -0.3 is 5.73 Å². The highest BCUT2D eigenvalue weighted by atomic mass is 32.1. The second-order valence-electron chi connectivity index (χ2n) is 3.78. The highest BCUT2D eigenvalue weighted by molar-refractivity contribution is 7.13. The maximum absolute atomic E-state index is 5.91. The largest absolute Gasteiger partial charge is 0.383 e. The molecule has 2 aromatic heterocycles. The number of hydrogen-bond donors (Lipinski definition) is 1. The molecular formula is C12H15N3S. The number of hydrogen-bond acceptors (Lipinski definition) is 4. The normalized spacial score (nSPS) is 10.7. The molecule has 0 aliphatic rings. The van der Waals surface area contributed by atoms with E-state index in [9.17, 15) is 0 Å². The van der Waals surface area contributed by atoms with Crippen LogP contribution in [0.25, 0.3) is 10.6 Å². The van der Waals surface area contributed by atoms with Gasteiger partial charge in [-0.05, 0) is 30.9 Å². The molecule has 0 radical (unpaired) electrons. The maximum atomic E-state index is 5.91. The van der Waals surface area contributed by atoms with Crippen molar-refractivity contribution in [2.75, 3.05) is 5.73 Å². The number of anilines is 1. The number of rotatable bonds is 2. The van der Waals surface area contributed by atoms with Gasteiger partial charge in [-0.25, -0.2) is 9.97 Å². The molecule has 16 heavy (non-hydrogen) atoms. The van der Waals surface area contributed by atoms with Gasteiger partial charge in [0.2, 0.25) is 0 Å². The topological polar surface area (TPSA) is 51.8 Å². The van der Waals surface area contributed by atoms with E-state index in [1.807, 2.05) is 13.8 Å². The van der Waals surface area contributed by atoms with E-state index in [4.69, 9.17) is 5.73 Å². The van der Waals surface area contributed by atoms with Crippen LogP contribution in [0.1, 0.15) is 23.9 Å². The van der Waals surface area contributed by atoms with Gasteiger partial charge in [0.25, 0.3) is 0 Å². The van der Waals surface area contributed by atoms with Gasteiger partial charge in [-0.1, -0.05) is 6.92 Å². The number of nitrogen functional groups attached to an aromatic ring is 1. The minimum Gasteiger partial charge on any atom is -0.383 e. The van der Waals surface area contributed by atoms with E-state index in [2.05, 4.69) is 28.3 Å². The molecule has 2 aromatic rings. The number of nitrogens with zero attached hydrogens (tertiary/aromatic N) is 2. The molecule has 4 heteroatoms. The highest BCUT2D eigenvalue weighted by Gasteiger charge is 2.12. The van der Waals surface area contributed by atoms with Gasteiger partial charge >= 0.3 is 0 Å². The first kappa shape index (κ1) is 11.1. The van der Waals surface area contributed by atoms with Crippen LogP contribution >= 0.6 is 11.3 Å². The van der Waals surface area contributed by atoms with Gasteiger partial charge in [-0.2, -0.15) is 0 Å². The smallest absolute Gasteiger partial charge is 0.131 e. The average Bonchev–Trinajstić information content (AvgIpc) is 2.68. The van der Waals surface area contributed by atoms with Gasteiger partial charge in [-0.3, -0.25) is 0 Å². The minimum atomic E-state index is 0.592. The molecule has 0 amide bonds. The summed E-state index contributed by atoms with van der Waals surface area (Å²) in [5.41, 5.74) is 9.11. The molecule has 0 atom stereocenters. The fourth-order valence-corrected chi connectivity index (χ4v) is 2.55. The zero-order valence-corrected chi connectivity index (χ0v) is 10.6. The Bertz CT molecular complexity index is 517. The first-order valence-electron chi connectivity index (χ1n) is 5.31. The van der Waals surface area contributed by atoms with Crippen molar-refractivity contribution < 1.29 is 0 Å². The third-order valence-corrected chi connectivity index (χ3v) is 3.65. The lowest BCUT2D eigenvalue weighted by atomic mass is 10.1. The Morgan fingerprint density at radius 3 is 2.62 bits per heavy atom. The van der Waals surface area contributed by atoms with E-state index < -0.39 is 0 Å². The summed E-state index contributed by atoms with van der Waals surface area (Å²) in [6.07, 6.45) is 0.807. The third kappa shape index (κ3) is 1.80. The van der Waals surface area contributed by atoms with E-state index in [-0.39, 0.29) is 0 Å². The molecule has 0 aromatic carbocycles. The second-order valence-corrected chi connectivity index (χ2v) is 4.70. The summed E-state index contributed by atoms with van der Waals surface area (Å²) >= 11 is 1.70. The third-order valence-electron chi connectivity index (χ3n) is 2.62. The van der Waals surface area contributed by atoms with Crippen molar-refractivity contribution in [2.45, 2.75) is 27.2 Å². The Morgan fingerprint density at radius 2 is 2.06 bits per heavy atom. The fraction of sp³-hybridized carbons (Fsp3) is 0.333. The van der Waals surface area contributed by atoms with Crippen LogP contribution in [0.15, 0.2) is 11.4 Å². The molecule has 0 bridgehead atoms. The van der Waals surface area contributed by atoms with Gasteiger partial charge in [0.05, 0.1) is 10.6 Å². The lowest BCUT2D eigenvalue weighted by molar-refractivity contribution is 0.941. The molecule has 0 spiro atoms. The first-order valence-corrected chi connectivity index (χ1v) is 6.19. The SMILES string of the molecule is CCc1nc(N)c(C)c(-c2sccc2C)n1. The molecule has 84 valence electrons. The summed E-state index contributed by atoms with van der Waals surface area (Å²) in [5.74, 6) is 1.40. The molecular weight excluding hydrogens is 218 g/mol. The zero-order valence-electron chi connectivity index (χ0n) is 9.74. The standard InChI is InChI=1S/C12H15N3S/c1-4-9-14-10(8(3)12(13)15-9)11-7(2)5-6-16-11/h5-6H,4H2,1-3H3,(H2,13,14,15). The van der Waals surface area contributed by atoms with Crippen LogP contribution in [0.5, 0.6) is 0 Å². The summed E-state index contributed by atoms with van der Waals surface area (Å²) in [5, 5.41) is 2.08. The van der Waals surface area contributed by atoms with Crippen LogP contribution in [0, 0.1) is 13.8 Å². The van der Waals surface area contributed by atoms with Crippen molar-refractivity contribution in [3.63, 3.8) is 0 Å². The Hall–Kier alpha value is -1.42. The zero-order chi connectivity index (χ0) is 11.7. The van der Waals surface area contributed by atoms with E-state index in [0.29, 0.717) is 5.82 Å². The molecule has 3 nitrogen and oxygen atoms in total. The van der Waals surface area contributed by atoms with E-state index in [1.165, 1.54) is 10.4 Å². The molecule has 2 rings (SSSR count). The minimum absolute atomic E-state index is 0.592. The van der Waals surface area contributed by atoms with Crippen LogP contribution in [0.4, 0.5) is 5.82 Å². The lowest BCUT2D eigenvalue weighted by Gasteiger charge is -2.08. The number of aromatic nitrogens is 2. The quantitative estimate of drug-likeness (QED) is 0.867. The van der Waals surface area contributed by atoms with Crippen molar-refractivity contribution in [2.24, 2.45) is 0 Å². The first-order chi connectivity index (χ1) is 7.63. The van der Waals surface area contributed by atoms with Gasteiger partial charge in [-0.15, -0.1) is 11.3 Å². The number of aryl methyl sites for hydroxylation is 2. The molecule has 0 unspecified atom stereocenters. The molecule has 2 N–H and O–H groups in total. The molecule has 0 fully saturated rings. The Labute approximate surface area is 99.4 Å². The summed E-state index contributed by atoms with van der Waals surface area (Å²) in [6, 6.07) is 2.10. The van der Waals surface area contributed by atoms with Crippen molar-refractivity contribution in [3.05, 3.63) is 28.4 Å². The monoisotopic (exact) mass is 233 g/mol. The van der Waals surface area contributed by atoms with Crippen molar-refractivity contribution in [1.29, 1.82) is 0 Å². The highest BCUT2D eigenvalue weighted by Crippen LogP contribution is 2.31. The molecule has 0 aliphatic heterocycles. The Kier molecular flexibility index (Phi) is 2.92. The van der Waals surface area contributed by atoms with Crippen LogP contribution in [0.3, 0.4) is 0 Å². The molecule has 0 saturated heterocycles. The average molecular weight is 233 g/mol. The van der Waals surface area contributed by atoms with Crippen molar-refractivity contribution in [1.82, 2.24) is 9.97 Å². The molecule has 0 aliphatic carbocycles. The number of nitrogens with two attached hydrogens (primary N) is 1. The molecule has 0 saturated carbocycles. The van der Waals surface area contributed by atoms with Crippen LogP contribution in [-0.4, -0.2) is 9.97 Å². The summed E-state index contributed by atoms with van der Waals surface area (Å²) in [7, 11) is 0. The van der Waals surface area contributed by atoms with E-state index in [1.54, 1.807) is 11.3 Å². The van der Waals surface area contributed by atoms with Gasteiger partial charge in [0.1, 0.15) is 11.6 Å². The Balaban J connectivity index is 2.64. The van der Waals surface area contributed by atoms with Crippen LogP contribution < -0.4 is 5.73 Å². The number of thiophene rings is 1. The Morgan fingerprint density at radius 1 is 1.31 bits per heavy atom. The predicted molar refractivity (Wildman–Crippen MR) is 68.6 cm³/mol. The van der Waals surface area contributed by atoms with Crippen LogP contribution in [0.2, 0.25) is 0 Å². The van der Waals surface area contributed by atoms with Crippen molar-refractivity contribution in [3.8, 4) is 10.6 Å². The summed E-state index contributed by atoms with van der Waals surface area (Å²) in [6.45, 7) is 6.10. The molecule has 2 heterocycles. The van der Waals surface area contributed by atoms with Gasteiger partial charge in [0, 0.05) is 12.0 Å². The van der Waals surface area contributed by atoms with E-state index in [0.717, 1.165) is 23.5 Å². The lowest BCUT2D eigenvalue weighted by Crippen LogP contribution is -2.03. The summed E-state index contributed by atoms with van der Waals surface area (Å²) < 4.78 is 0. The van der Waals surface area contributed by atoms with Crippen LogP contribution in [-0.2, 0) is 6.42 Å². The van der Waals surface area contributed by atoms with Gasteiger partial charge in [0.15, 0.2) is 0 Å².